The fraction of sp³-hybridized carbons (Fsp3) is 0.148. The minimum Gasteiger partial charge on any atom is -0.458 e. The maximum atomic E-state index is 15.4. The molecule has 0 spiro atoms. The maximum Gasteiger partial charge on any atom is 0.384 e. The van der Waals surface area contributed by atoms with Crippen LogP contribution in [0.2, 0.25) is 0 Å². The van der Waals surface area contributed by atoms with Crippen molar-refractivity contribution in [1.82, 2.24) is 4.98 Å². The van der Waals surface area contributed by atoms with E-state index in [1.54, 1.807) is 66.7 Å². The molecule has 12 heteroatoms. The first-order chi connectivity index (χ1) is 18.4. The monoisotopic (exact) mass is 544 g/mol. The van der Waals surface area contributed by atoms with Crippen LogP contribution in [-0.2, 0) is 11.8 Å². The van der Waals surface area contributed by atoms with Crippen molar-refractivity contribution in [2.45, 2.75) is 23.7 Å². The fourth-order valence-electron chi connectivity index (χ4n) is 5.61. The summed E-state index contributed by atoms with van der Waals surface area (Å²) in [6, 6.07) is 20.8. The van der Waals surface area contributed by atoms with Crippen molar-refractivity contribution in [3.05, 3.63) is 90.1 Å². The molecule has 1 aromatic heterocycles. The molecule has 3 nitrogen and oxygen atoms in total. The molecule has 4 aromatic rings. The van der Waals surface area contributed by atoms with E-state index in [9.17, 15) is 17.6 Å². The molecule has 0 atom stereocenters. The summed E-state index contributed by atoms with van der Waals surface area (Å²) in [6.07, 6.45) is 0. The number of anilines is 3. The molecule has 0 radical (unpaired) electrons. The van der Waals surface area contributed by atoms with E-state index >= 15 is 17.6 Å². The normalized spacial score (nSPS) is 20.2. The molecule has 196 valence electrons. The molecule has 0 N–H and O–H groups in total. The minimum atomic E-state index is -6.44. The Bertz CT molecular complexity index is 1680. The highest BCUT2D eigenvalue weighted by Crippen LogP contribution is 2.66. The number of fused-ring (bicyclic) bond motifs is 6. The number of hydrogen-bond acceptors (Lipinski definition) is 3. The number of hydrogen-bond donors (Lipinski definition) is 0. The van der Waals surface area contributed by atoms with Crippen LogP contribution in [-0.4, -0.2) is 23.5 Å². The van der Waals surface area contributed by atoms with Crippen LogP contribution in [0, 0.1) is 0 Å². The van der Waals surface area contributed by atoms with Gasteiger partial charge in [-0.2, -0.15) is 35.1 Å². The van der Waals surface area contributed by atoms with Crippen molar-refractivity contribution in [3.63, 3.8) is 0 Å². The number of halogens is 8. The zero-order chi connectivity index (χ0) is 27.5. The zero-order valence-electron chi connectivity index (χ0n) is 19.4. The van der Waals surface area contributed by atoms with Crippen molar-refractivity contribution in [2.24, 2.45) is 0 Å². The smallest absolute Gasteiger partial charge is 0.384 e. The summed E-state index contributed by atoms with van der Waals surface area (Å²) in [5.41, 5.74) is -2.68. The van der Waals surface area contributed by atoms with E-state index in [-0.39, 0.29) is 11.2 Å². The maximum absolute atomic E-state index is 15.4. The van der Waals surface area contributed by atoms with Gasteiger partial charge in [0.25, 0.3) is 6.71 Å². The van der Waals surface area contributed by atoms with Gasteiger partial charge < -0.3 is 4.74 Å². The number of rotatable bonds is 1. The van der Waals surface area contributed by atoms with E-state index in [1.165, 1.54) is 17.0 Å². The average Bonchev–Trinajstić information content (AvgIpc) is 2.92. The van der Waals surface area contributed by atoms with Crippen molar-refractivity contribution in [2.75, 3.05) is 4.90 Å². The van der Waals surface area contributed by atoms with Gasteiger partial charge in [0.2, 0.25) is 0 Å². The number of alkyl halides is 8. The van der Waals surface area contributed by atoms with Crippen molar-refractivity contribution >= 4 is 40.3 Å². The molecule has 39 heavy (non-hydrogen) atoms. The average molecular weight is 544 g/mol. The van der Waals surface area contributed by atoms with Crippen LogP contribution in [0.25, 0.3) is 0 Å². The van der Waals surface area contributed by atoms with E-state index in [4.69, 9.17) is 4.74 Å². The Morgan fingerprint density at radius 2 is 1.26 bits per heavy atom. The summed E-state index contributed by atoms with van der Waals surface area (Å²) in [5.74, 6) is -25.9. The molecular formula is C27H13BF8N2O. The fourth-order valence-corrected chi connectivity index (χ4v) is 5.61. The van der Waals surface area contributed by atoms with Crippen LogP contribution in [0.5, 0.6) is 11.5 Å². The van der Waals surface area contributed by atoms with E-state index in [2.05, 4.69) is 4.98 Å². The molecule has 1 aliphatic carbocycles. The summed E-state index contributed by atoms with van der Waals surface area (Å²) in [5, 5.41) is 0. The van der Waals surface area contributed by atoms with Gasteiger partial charge in [-0.15, -0.1) is 0 Å². The van der Waals surface area contributed by atoms with Crippen LogP contribution in [0.15, 0.2) is 78.9 Å². The van der Waals surface area contributed by atoms with Gasteiger partial charge in [-0.1, -0.05) is 54.6 Å². The van der Waals surface area contributed by atoms with Crippen LogP contribution in [0.3, 0.4) is 0 Å². The summed E-state index contributed by atoms with van der Waals surface area (Å²) in [7, 11) is 0. The van der Waals surface area contributed by atoms with E-state index < -0.39 is 53.2 Å². The molecule has 0 unspecified atom stereocenters. The second-order valence-corrected chi connectivity index (χ2v) is 9.50. The predicted molar refractivity (Wildman–Crippen MR) is 128 cm³/mol. The summed E-state index contributed by atoms with van der Waals surface area (Å²) in [6.45, 7) is -0.950. The summed E-state index contributed by atoms with van der Waals surface area (Å²) >= 11 is 0. The van der Waals surface area contributed by atoms with Gasteiger partial charge in [-0.05, 0) is 35.2 Å². The van der Waals surface area contributed by atoms with E-state index in [0.29, 0.717) is 22.3 Å². The Morgan fingerprint density at radius 3 is 1.97 bits per heavy atom. The van der Waals surface area contributed by atoms with Crippen molar-refractivity contribution in [1.29, 1.82) is 0 Å². The van der Waals surface area contributed by atoms with Crippen LogP contribution >= 0.6 is 0 Å². The van der Waals surface area contributed by atoms with Gasteiger partial charge in [0.1, 0.15) is 23.0 Å². The highest BCUT2D eigenvalue weighted by molar-refractivity contribution is 6.99. The Morgan fingerprint density at radius 1 is 0.667 bits per heavy atom. The molecule has 7 rings (SSSR count). The van der Waals surface area contributed by atoms with Crippen LogP contribution in [0.4, 0.5) is 52.3 Å². The van der Waals surface area contributed by atoms with Gasteiger partial charge >= 0.3 is 23.7 Å². The third-order valence-corrected chi connectivity index (χ3v) is 7.41. The Labute approximate surface area is 215 Å². The lowest BCUT2D eigenvalue weighted by Gasteiger charge is -2.46. The number of para-hydroxylation sites is 3. The molecule has 3 aromatic carbocycles. The molecule has 0 fully saturated rings. The van der Waals surface area contributed by atoms with Gasteiger partial charge in [-0.3, -0.25) is 4.90 Å². The summed E-state index contributed by atoms with van der Waals surface area (Å²) < 4.78 is 125. The summed E-state index contributed by atoms with van der Waals surface area (Å²) in [4.78, 5) is 5.04. The van der Waals surface area contributed by atoms with E-state index in [1.807, 2.05) is 0 Å². The molecular weight excluding hydrogens is 531 g/mol. The standard InChI is InChI=1S/C27H13BF8N2O/c29-24(30)19-21-20-23(37-22(19)25(31,32)27(35,36)26(24,33)34)38(14-8-2-1-3-9-14)17-12-6-4-10-15(17)28(20)16-11-5-7-13-18(16)39-21/h1-13H. The number of aromatic nitrogens is 1. The molecule has 0 bridgehead atoms. The molecule has 0 amide bonds. The molecule has 3 heterocycles. The van der Waals surface area contributed by atoms with Gasteiger partial charge in [-0.25, -0.2) is 4.98 Å². The van der Waals surface area contributed by atoms with E-state index in [0.717, 1.165) is 0 Å². The molecule has 3 aliphatic rings. The predicted octanol–water partition coefficient (Wildman–Crippen LogP) is 5.95. The first-order valence-corrected chi connectivity index (χ1v) is 11.7. The third-order valence-electron chi connectivity index (χ3n) is 7.41. The number of benzene rings is 3. The Kier molecular flexibility index (Phi) is 4.49. The van der Waals surface area contributed by atoms with Crippen LogP contribution in [0.1, 0.15) is 11.3 Å². The molecule has 0 saturated heterocycles. The topological polar surface area (TPSA) is 25.4 Å². The second kappa shape index (κ2) is 7.31. The van der Waals surface area contributed by atoms with Gasteiger partial charge in [0.15, 0.2) is 0 Å². The quantitative estimate of drug-likeness (QED) is 0.189. The van der Waals surface area contributed by atoms with Crippen LogP contribution < -0.4 is 26.0 Å². The first kappa shape index (κ1) is 24.0. The zero-order valence-corrected chi connectivity index (χ0v) is 19.4. The van der Waals surface area contributed by atoms with Crippen molar-refractivity contribution < 1.29 is 39.9 Å². The lowest BCUT2D eigenvalue weighted by atomic mass is 9.34. The lowest BCUT2D eigenvalue weighted by Crippen LogP contribution is -2.66. The lowest BCUT2D eigenvalue weighted by molar-refractivity contribution is -0.387. The number of nitrogens with zero attached hydrogens (tertiary/aromatic N) is 2. The minimum absolute atomic E-state index is 0.0583. The third kappa shape index (κ3) is 2.71. The van der Waals surface area contributed by atoms with Gasteiger partial charge in [0, 0.05) is 16.8 Å². The highest BCUT2D eigenvalue weighted by Gasteiger charge is 2.87. The first-order valence-electron chi connectivity index (χ1n) is 11.7. The molecule has 0 saturated carbocycles. The molecule has 2 aliphatic heterocycles. The van der Waals surface area contributed by atoms with Gasteiger partial charge in [0.05, 0.1) is 5.56 Å². The Hall–Kier alpha value is -4.09. The Balaban J connectivity index is 1.67. The largest absolute Gasteiger partial charge is 0.458 e. The number of ether oxygens (including phenoxy) is 1. The van der Waals surface area contributed by atoms with Crippen molar-refractivity contribution in [3.8, 4) is 11.5 Å². The second-order valence-electron chi connectivity index (χ2n) is 9.50. The SMILES string of the molecule is FC1(F)c2nc3c4c(c2C(F)(F)C(F)(F)C1(F)F)Oc1ccccc1B4c1ccccc1N3c1ccccc1. The number of pyridine rings is 1. The highest BCUT2D eigenvalue weighted by atomic mass is 19.4.